The fourth-order valence-electron chi connectivity index (χ4n) is 4.41. The van der Waals surface area contributed by atoms with Crippen LogP contribution in [-0.2, 0) is 26.1 Å². The Kier molecular flexibility index (Phi) is 11.9. The van der Waals surface area contributed by atoms with Gasteiger partial charge in [-0.05, 0) is 107 Å². The number of nitrogens with zero attached hydrogens (tertiary/aromatic N) is 2. The molecule has 4 nitrogen and oxygen atoms in total. The molecule has 0 atom stereocenters. The van der Waals surface area contributed by atoms with Gasteiger partial charge in [0.15, 0.2) is 0 Å². The van der Waals surface area contributed by atoms with E-state index in [0.29, 0.717) is 18.2 Å². The molecule has 0 N–H and O–H groups in total. The Balaban J connectivity index is 0.000000178. The maximum atomic E-state index is 5.85. The van der Waals surface area contributed by atoms with E-state index in [1.165, 1.54) is 16.7 Å². The number of rotatable bonds is 11. The van der Waals surface area contributed by atoms with Crippen LogP contribution in [0.3, 0.4) is 0 Å². The van der Waals surface area contributed by atoms with E-state index < -0.39 is 0 Å². The molecular weight excluding hydrogens is 576 g/mol. The van der Waals surface area contributed by atoms with Gasteiger partial charge in [-0.2, -0.15) is 0 Å². The molecule has 6 rings (SSSR count). The fraction of sp³-hybridized carbons (Fsp3) is 0.100. The maximum Gasteiger partial charge on any atom is 0.119 e. The molecule has 0 aliphatic heterocycles. The zero-order chi connectivity index (χ0) is 30.9. The quantitative estimate of drug-likeness (QED) is 0.146. The Labute approximate surface area is 270 Å². The van der Waals surface area contributed by atoms with Gasteiger partial charge < -0.3 is 9.47 Å². The Morgan fingerprint density at radius 1 is 0.444 bits per heavy atom. The number of aryl methyl sites for hydroxylation is 2. The van der Waals surface area contributed by atoms with Crippen molar-refractivity contribution in [3.63, 3.8) is 0 Å². The summed E-state index contributed by atoms with van der Waals surface area (Å²) in [5, 5.41) is 0.711. The lowest BCUT2D eigenvalue weighted by Gasteiger charge is -2.07. The van der Waals surface area contributed by atoms with Gasteiger partial charge >= 0.3 is 0 Å². The first-order chi connectivity index (χ1) is 22.2. The van der Waals surface area contributed by atoms with Crippen molar-refractivity contribution >= 4 is 23.8 Å². The summed E-state index contributed by atoms with van der Waals surface area (Å²) in [5.41, 5.74) is 7.27. The highest BCUT2D eigenvalue weighted by molar-refractivity contribution is 6.30. The second-order valence-corrected chi connectivity index (χ2v) is 10.8. The monoisotopic (exact) mass is 610 g/mol. The number of halogens is 1. The first-order valence-electron chi connectivity index (χ1n) is 14.9. The molecule has 6 aromatic rings. The molecule has 0 radical (unpaired) electrons. The van der Waals surface area contributed by atoms with Crippen LogP contribution in [0.2, 0.25) is 5.02 Å². The lowest BCUT2D eigenvalue weighted by Crippen LogP contribution is -1.96. The molecule has 4 aromatic carbocycles. The number of ether oxygens (including phenoxy) is 2. The maximum absolute atomic E-state index is 5.85. The van der Waals surface area contributed by atoms with Crippen LogP contribution in [0.4, 0.5) is 0 Å². The molecule has 0 fully saturated rings. The summed E-state index contributed by atoms with van der Waals surface area (Å²) in [5.74, 6) is 1.72. The van der Waals surface area contributed by atoms with Gasteiger partial charge in [0.25, 0.3) is 0 Å². The third kappa shape index (κ3) is 11.1. The van der Waals surface area contributed by atoms with Gasteiger partial charge in [-0.1, -0.05) is 90.5 Å². The second kappa shape index (κ2) is 17.2. The molecule has 224 valence electrons. The highest BCUT2D eigenvalue weighted by Gasteiger charge is 1.99. The van der Waals surface area contributed by atoms with E-state index >= 15 is 0 Å². The van der Waals surface area contributed by atoms with Crippen LogP contribution in [0, 0.1) is 0 Å². The molecule has 2 heterocycles. The average Bonchev–Trinajstić information content (AvgIpc) is 3.11. The number of aromatic nitrogens is 2. The van der Waals surface area contributed by atoms with Crippen molar-refractivity contribution in [3.8, 4) is 11.5 Å². The van der Waals surface area contributed by atoms with E-state index in [1.54, 1.807) is 12.4 Å². The Morgan fingerprint density at radius 3 is 1.47 bits per heavy atom. The minimum Gasteiger partial charge on any atom is -0.489 e. The topological polar surface area (TPSA) is 44.2 Å². The minimum absolute atomic E-state index is 0.538. The fourth-order valence-corrected chi connectivity index (χ4v) is 4.54. The van der Waals surface area contributed by atoms with Crippen molar-refractivity contribution in [3.05, 3.63) is 191 Å². The molecular formula is C40H35ClN2O2. The molecule has 0 saturated heterocycles. The summed E-state index contributed by atoms with van der Waals surface area (Å²) in [6, 6.07) is 42.4. The predicted octanol–water partition coefficient (Wildman–Crippen LogP) is 9.93. The molecule has 0 spiro atoms. The van der Waals surface area contributed by atoms with Crippen molar-refractivity contribution in [1.82, 2.24) is 9.97 Å². The van der Waals surface area contributed by atoms with E-state index in [9.17, 15) is 0 Å². The zero-order valence-electron chi connectivity index (χ0n) is 25.0. The van der Waals surface area contributed by atoms with Gasteiger partial charge in [0.1, 0.15) is 24.7 Å². The SMILES string of the molecule is Clc1ccc(OCc2ccc(/C=C/c3ccncc3)cc2)cc1.c1ccc(OCc2ccc(CCc3ccncc3)cc2)cc1. The van der Waals surface area contributed by atoms with Crippen molar-refractivity contribution in [2.45, 2.75) is 26.1 Å². The molecule has 0 aliphatic carbocycles. The van der Waals surface area contributed by atoms with Crippen LogP contribution < -0.4 is 9.47 Å². The number of hydrogen-bond acceptors (Lipinski definition) is 4. The van der Waals surface area contributed by atoms with Crippen molar-refractivity contribution in [2.75, 3.05) is 0 Å². The highest BCUT2D eigenvalue weighted by Crippen LogP contribution is 2.18. The van der Waals surface area contributed by atoms with Gasteiger partial charge in [0, 0.05) is 29.8 Å². The summed E-state index contributed by atoms with van der Waals surface area (Å²) in [4.78, 5) is 8.05. The second-order valence-electron chi connectivity index (χ2n) is 10.4. The van der Waals surface area contributed by atoms with E-state index in [2.05, 4.69) is 82.8 Å². The molecule has 0 aliphatic rings. The Hall–Kier alpha value is -5.19. The van der Waals surface area contributed by atoms with Crippen LogP contribution in [-0.4, -0.2) is 9.97 Å². The van der Waals surface area contributed by atoms with Gasteiger partial charge in [0.2, 0.25) is 0 Å². The van der Waals surface area contributed by atoms with Gasteiger partial charge in [0.05, 0.1) is 0 Å². The van der Waals surface area contributed by atoms with Crippen molar-refractivity contribution in [1.29, 1.82) is 0 Å². The summed E-state index contributed by atoms with van der Waals surface area (Å²) in [6.45, 7) is 1.14. The Bertz CT molecular complexity index is 1650. The summed E-state index contributed by atoms with van der Waals surface area (Å²) in [6.07, 6.45) is 13.5. The van der Waals surface area contributed by atoms with E-state index in [0.717, 1.165) is 41.0 Å². The van der Waals surface area contributed by atoms with E-state index in [-0.39, 0.29) is 0 Å². The summed E-state index contributed by atoms with van der Waals surface area (Å²) < 4.78 is 11.5. The van der Waals surface area contributed by atoms with Crippen LogP contribution in [0.25, 0.3) is 12.2 Å². The standard InChI is InChI=1S/C20H16ClNO.C20H19NO/c21-19-7-9-20(10-8-19)23-15-18-5-3-16(4-6-18)1-2-17-11-13-22-14-12-17;1-2-4-20(5-3-1)22-16-19-10-8-17(9-11-19)6-7-18-12-14-21-15-13-18/h1-14H,15H2;1-5,8-15H,6-7,16H2/b2-1+;. The number of hydrogen-bond donors (Lipinski definition) is 0. The molecule has 0 bridgehead atoms. The molecule has 2 aromatic heterocycles. The summed E-state index contributed by atoms with van der Waals surface area (Å²) >= 11 is 5.85. The first kappa shape index (κ1) is 31.2. The highest BCUT2D eigenvalue weighted by atomic mass is 35.5. The first-order valence-corrected chi connectivity index (χ1v) is 15.3. The van der Waals surface area contributed by atoms with Crippen molar-refractivity contribution < 1.29 is 9.47 Å². The number of para-hydroxylation sites is 1. The number of pyridine rings is 2. The molecule has 0 unspecified atom stereocenters. The molecule has 0 saturated carbocycles. The lowest BCUT2D eigenvalue weighted by molar-refractivity contribution is 0.306. The predicted molar refractivity (Wildman–Crippen MR) is 184 cm³/mol. The van der Waals surface area contributed by atoms with Crippen LogP contribution in [0.1, 0.15) is 33.4 Å². The lowest BCUT2D eigenvalue weighted by atomic mass is 10.0. The summed E-state index contributed by atoms with van der Waals surface area (Å²) in [7, 11) is 0. The van der Waals surface area contributed by atoms with Gasteiger partial charge in [-0.25, -0.2) is 0 Å². The molecule has 45 heavy (non-hydrogen) atoms. The van der Waals surface area contributed by atoms with E-state index in [1.807, 2.05) is 79.1 Å². The minimum atomic E-state index is 0.538. The van der Waals surface area contributed by atoms with Crippen molar-refractivity contribution in [2.24, 2.45) is 0 Å². The smallest absolute Gasteiger partial charge is 0.119 e. The van der Waals surface area contributed by atoms with Crippen LogP contribution in [0.5, 0.6) is 11.5 Å². The Morgan fingerprint density at radius 2 is 0.889 bits per heavy atom. The average molecular weight is 611 g/mol. The largest absolute Gasteiger partial charge is 0.489 e. The third-order valence-electron chi connectivity index (χ3n) is 7.00. The zero-order valence-corrected chi connectivity index (χ0v) is 25.8. The normalized spacial score (nSPS) is 10.6. The van der Waals surface area contributed by atoms with Gasteiger partial charge in [-0.15, -0.1) is 0 Å². The van der Waals surface area contributed by atoms with E-state index in [4.69, 9.17) is 21.1 Å². The van der Waals surface area contributed by atoms with Gasteiger partial charge in [-0.3, -0.25) is 9.97 Å². The van der Waals surface area contributed by atoms with Crippen LogP contribution in [0.15, 0.2) is 152 Å². The third-order valence-corrected chi connectivity index (χ3v) is 7.25. The molecule has 0 amide bonds. The van der Waals surface area contributed by atoms with Crippen LogP contribution >= 0.6 is 11.6 Å². The molecule has 5 heteroatoms. The number of benzene rings is 4.